The second kappa shape index (κ2) is 4.43. The van der Waals surface area contributed by atoms with E-state index in [0.29, 0.717) is 0 Å². The summed E-state index contributed by atoms with van der Waals surface area (Å²) >= 11 is 3.41. The first-order chi connectivity index (χ1) is 6.51. The van der Waals surface area contributed by atoms with Gasteiger partial charge in [0.05, 0.1) is 12.1 Å². The molecular formula is C11H16BrNO. The summed E-state index contributed by atoms with van der Waals surface area (Å²) in [6, 6.07) is 6.02. The molecule has 0 aromatic heterocycles. The van der Waals surface area contributed by atoms with Gasteiger partial charge in [-0.3, -0.25) is 0 Å². The van der Waals surface area contributed by atoms with Gasteiger partial charge < -0.3 is 10.8 Å². The molecule has 0 saturated carbocycles. The summed E-state index contributed by atoms with van der Waals surface area (Å²) in [4.78, 5) is 0. The highest BCUT2D eigenvalue weighted by Crippen LogP contribution is 2.25. The predicted octanol–water partition coefficient (Wildman–Crippen LogP) is 2.18. The van der Waals surface area contributed by atoms with Gasteiger partial charge in [-0.2, -0.15) is 0 Å². The SMILES string of the molecule is CCc1ccc(Br)cc1[C@](C)(N)CO. The lowest BCUT2D eigenvalue weighted by Crippen LogP contribution is -2.37. The Morgan fingerprint density at radius 2 is 2.14 bits per heavy atom. The van der Waals surface area contributed by atoms with E-state index in [9.17, 15) is 5.11 Å². The molecule has 2 nitrogen and oxygen atoms in total. The molecule has 0 aliphatic carbocycles. The third-order valence-corrected chi connectivity index (χ3v) is 2.89. The molecule has 0 spiro atoms. The lowest BCUT2D eigenvalue weighted by Gasteiger charge is -2.25. The molecule has 0 heterocycles. The van der Waals surface area contributed by atoms with Crippen molar-refractivity contribution in [3.05, 3.63) is 33.8 Å². The minimum absolute atomic E-state index is 0.0452. The first kappa shape index (κ1) is 11.7. The van der Waals surface area contributed by atoms with Gasteiger partial charge in [-0.05, 0) is 36.6 Å². The van der Waals surface area contributed by atoms with Crippen LogP contribution in [0.25, 0.3) is 0 Å². The average Bonchev–Trinajstić information content (AvgIpc) is 2.18. The van der Waals surface area contributed by atoms with Gasteiger partial charge in [-0.15, -0.1) is 0 Å². The molecule has 0 aliphatic rings. The highest BCUT2D eigenvalue weighted by Gasteiger charge is 2.22. The Labute approximate surface area is 93.3 Å². The largest absolute Gasteiger partial charge is 0.394 e. The van der Waals surface area contributed by atoms with Gasteiger partial charge in [0.15, 0.2) is 0 Å². The number of hydrogen-bond donors (Lipinski definition) is 2. The van der Waals surface area contributed by atoms with Crippen molar-refractivity contribution in [2.24, 2.45) is 5.73 Å². The number of rotatable bonds is 3. The second-order valence-corrected chi connectivity index (χ2v) is 4.65. The fraction of sp³-hybridized carbons (Fsp3) is 0.455. The minimum Gasteiger partial charge on any atom is -0.394 e. The van der Waals surface area contributed by atoms with Crippen LogP contribution in [0.5, 0.6) is 0 Å². The molecule has 78 valence electrons. The molecule has 1 aromatic rings. The Morgan fingerprint density at radius 3 is 2.64 bits per heavy atom. The van der Waals surface area contributed by atoms with Crippen LogP contribution in [0.4, 0.5) is 0 Å². The number of aryl methyl sites for hydroxylation is 1. The molecule has 0 saturated heterocycles. The van der Waals surface area contributed by atoms with E-state index in [-0.39, 0.29) is 6.61 Å². The zero-order valence-electron chi connectivity index (χ0n) is 8.55. The third kappa shape index (κ3) is 2.35. The van der Waals surface area contributed by atoms with Crippen molar-refractivity contribution in [1.82, 2.24) is 0 Å². The van der Waals surface area contributed by atoms with Crippen LogP contribution >= 0.6 is 15.9 Å². The van der Waals surface area contributed by atoms with E-state index in [1.807, 2.05) is 25.1 Å². The number of aliphatic hydroxyl groups is 1. The first-order valence-electron chi connectivity index (χ1n) is 4.70. The van der Waals surface area contributed by atoms with E-state index < -0.39 is 5.54 Å². The summed E-state index contributed by atoms with van der Waals surface area (Å²) in [6.07, 6.45) is 0.926. The molecule has 1 atom stereocenters. The monoisotopic (exact) mass is 257 g/mol. The molecule has 14 heavy (non-hydrogen) atoms. The van der Waals surface area contributed by atoms with Crippen LogP contribution in [-0.4, -0.2) is 11.7 Å². The third-order valence-electron chi connectivity index (χ3n) is 2.40. The summed E-state index contributed by atoms with van der Waals surface area (Å²) in [5.74, 6) is 0. The lowest BCUT2D eigenvalue weighted by molar-refractivity contribution is 0.209. The lowest BCUT2D eigenvalue weighted by atomic mass is 9.89. The topological polar surface area (TPSA) is 46.2 Å². The average molecular weight is 258 g/mol. The molecule has 1 rings (SSSR count). The summed E-state index contributed by atoms with van der Waals surface area (Å²) in [6.45, 7) is 3.88. The van der Waals surface area contributed by atoms with Gasteiger partial charge in [-0.25, -0.2) is 0 Å². The van der Waals surface area contributed by atoms with Crippen LogP contribution in [0, 0.1) is 0 Å². The first-order valence-corrected chi connectivity index (χ1v) is 5.49. The van der Waals surface area contributed by atoms with E-state index in [2.05, 4.69) is 22.9 Å². The molecule has 0 bridgehead atoms. The number of benzene rings is 1. The molecule has 3 heteroatoms. The van der Waals surface area contributed by atoms with Crippen LogP contribution in [0.1, 0.15) is 25.0 Å². The van der Waals surface area contributed by atoms with E-state index in [0.717, 1.165) is 16.5 Å². The highest BCUT2D eigenvalue weighted by molar-refractivity contribution is 9.10. The fourth-order valence-corrected chi connectivity index (χ4v) is 1.83. The van der Waals surface area contributed by atoms with Gasteiger partial charge in [0.25, 0.3) is 0 Å². The molecule has 0 amide bonds. The van der Waals surface area contributed by atoms with E-state index in [1.54, 1.807) is 0 Å². The molecule has 0 radical (unpaired) electrons. The molecule has 3 N–H and O–H groups in total. The number of aliphatic hydroxyl groups excluding tert-OH is 1. The Bertz CT molecular complexity index is 323. The maximum absolute atomic E-state index is 9.22. The summed E-state index contributed by atoms with van der Waals surface area (Å²) in [7, 11) is 0. The van der Waals surface area contributed by atoms with Crippen LogP contribution < -0.4 is 5.73 Å². The predicted molar refractivity (Wildman–Crippen MR) is 62.1 cm³/mol. The quantitative estimate of drug-likeness (QED) is 0.872. The summed E-state index contributed by atoms with van der Waals surface area (Å²) < 4.78 is 0.995. The Balaban J connectivity index is 3.23. The van der Waals surface area contributed by atoms with Gasteiger partial charge in [0.1, 0.15) is 0 Å². The molecule has 0 aliphatic heterocycles. The highest BCUT2D eigenvalue weighted by atomic mass is 79.9. The maximum Gasteiger partial charge on any atom is 0.0650 e. The standard InChI is InChI=1S/C11H16BrNO/c1-3-8-4-5-9(12)6-10(8)11(2,13)7-14/h4-6,14H,3,7,13H2,1-2H3/t11-/m1/s1. The molecule has 0 fully saturated rings. The van der Waals surface area contributed by atoms with Crippen molar-refractivity contribution in [2.75, 3.05) is 6.61 Å². The van der Waals surface area contributed by atoms with Gasteiger partial charge in [-0.1, -0.05) is 28.9 Å². The minimum atomic E-state index is -0.658. The normalized spacial score (nSPS) is 15.2. The van der Waals surface area contributed by atoms with Crippen LogP contribution in [0.3, 0.4) is 0 Å². The van der Waals surface area contributed by atoms with Crippen molar-refractivity contribution < 1.29 is 5.11 Å². The fourth-order valence-electron chi connectivity index (χ4n) is 1.47. The Hall–Kier alpha value is -0.380. The van der Waals surface area contributed by atoms with Crippen molar-refractivity contribution in [3.8, 4) is 0 Å². The van der Waals surface area contributed by atoms with E-state index in [4.69, 9.17) is 5.73 Å². The summed E-state index contributed by atoms with van der Waals surface area (Å²) in [5, 5.41) is 9.22. The van der Waals surface area contributed by atoms with Crippen molar-refractivity contribution >= 4 is 15.9 Å². The zero-order chi connectivity index (χ0) is 10.8. The smallest absolute Gasteiger partial charge is 0.0650 e. The van der Waals surface area contributed by atoms with Crippen molar-refractivity contribution in [2.45, 2.75) is 25.8 Å². The van der Waals surface area contributed by atoms with Gasteiger partial charge >= 0.3 is 0 Å². The molecule has 0 unspecified atom stereocenters. The molecular weight excluding hydrogens is 242 g/mol. The van der Waals surface area contributed by atoms with Gasteiger partial charge in [0, 0.05) is 4.47 Å². The van der Waals surface area contributed by atoms with Crippen LogP contribution in [0.15, 0.2) is 22.7 Å². The number of nitrogens with two attached hydrogens (primary N) is 1. The maximum atomic E-state index is 9.22. The zero-order valence-corrected chi connectivity index (χ0v) is 10.1. The van der Waals surface area contributed by atoms with Crippen molar-refractivity contribution in [3.63, 3.8) is 0 Å². The molecule has 1 aromatic carbocycles. The number of halogens is 1. The van der Waals surface area contributed by atoms with Crippen molar-refractivity contribution in [1.29, 1.82) is 0 Å². The van der Waals surface area contributed by atoms with Crippen LogP contribution in [-0.2, 0) is 12.0 Å². The second-order valence-electron chi connectivity index (χ2n) is 3.73. The Kier molecular flexibility index (Phi) is 3.70. The van der Waals surface area contributed by atoms with Gasteiger partial charge in [0.2, 0.25) is 0 Å². The summed E-state index contributed by atoms with van der Waals surface area (Å²) in [5.41, 5.74) is 7.55. The van der Waals surface area contributed by atoms with Crippen LogP contribution in [0.2, 0.25) is 0 Å². The number of hydrogen-bond acceptors (Lipinski definition) is 2. The van der Waals surface area contributed by atoms with E-state index in [1.165, 1.54) is 5.56 Å². The van der Waals surface area contributed by atoms with E-state index >= 15 is 0 Å². The Morgan fingerprint density at radius 1 is 1.50 bits per heavy atom.